The zero-order valence-electron chi connectivity index (χ0n) is 18.1. The number of nitrogens with zero attached hydrogens (tertiary/aromatic N) is 1. The summed E-state index contributed by atoms with van der Waals surface area (Å²) in [6.07, 6.45) is 0.481. The molecule has 3 aromatic rings. The molecule has 170 valence electrons. The van der Waals surface area contributed by atoms with Crippen LogP contribution in [0.4, 0.5) is 0 Å². The molecule has 2 heterocycles. The van der Waals surface area contributed by atoms with E-state index in [2.05, 4.69) is 0 Å². The third-order valence-corrected chi connectivity index (χ3v) is 7.10. The van der Waals surface area contributed by atoms with E-state index >= 15 is 0 Å². The van der Waals surface area contributed by atoms with Crippen LogP contribution in [0.5, 0.6) is 0 Å². The smallest absolute Gasteiger partial charge is 0.330 e. The van der Waals surface area contributed by atoms with Crippen LogP contribution < -0.4 is 0 Å². The molecule has 0 radical (unpaired) electrons. The Morgan fingerprint density at radius 1 is 1.03 bits per heavy atom. The number of rotatable bonds is 8. The first kappa shape index (κ1) is 23.2. The molecule has 5 nitrogen and oxygen atoms in total. The first-order valence-corrected chi connectivity index (χ1v) is 12.0. The van der Waals surface area contributed by atoms with Crippen molar-refractivity contribution in [1.29, 1.82) is 0 Å². The minimum atomic E-state index is -0.933. The van der Waals surface area contributed by atoms with Gasteiger partial charge in [0.05, 0.1) is 10.3 Å². The van der Waals surface area contributed by atoms with Gasteiger partial charge in [0.1, 0.15) is 12.6 Å². The Morgan fingerprint density at radius 3 is 2.33 bits per heavy atom. The number of likely N-dealkylation sites (tertiary alicyclic amines) is 1. The first-order chi connectivity index (χ1) is 15.9. The quantitative estimate of drug-likeness (QED) is 0.326. The SMILES string of the molecule is C[C@@H](CC(=O)N1C(=O)[C@H](Cc2ccc(Cl)s2)[C@H]1C(=O)OCc1ccccc1)c1ccccc1. The largest absolute Gasteiger partial charge is 0.459 e. The number of carbonyl (C=O) groups is 3. The van der Waals surface area contributed by atoms with Crippen LogP contribution in [0, 0.1) is 5.92 Å². The summed E-state index contributed by atoms with van der Waals surface area (Å²) < 4.78 is 6.13. The fourth-order valence-electron chi connectivity index (χ4n) is 4.05. The number of thiophene rings is 1. The second-order valence-electron chi connectivity index (χ2n) is 8.17. The lowest BCUT2D eigenvalue weighted by Gasteiger charge is -2.44. The monoisotopic (exact) mass is 481 g/mol. The minimum Gasteiger partial charge on any atom is -0.459 e. The average Bonchev–Trinajstić information content (AvgIpc) is 3.25. The molecule has 3 atom stereocenters. The second-order valence-corrected chi connectivity index (χ2v) is 9.97. The number of carbonyl (C=O) groups excluding carboxylic acids is 3. The van der Waals surface area contributed by atoms with Crippen LogP contribution in [0.25, 0.3) is 0 Å². The van der Waals surface area contributed by atoms with Crippen molar-refractivity contribution in [2.75, 3.05) is 0 Å². The van der Waals surface area contributed by atoms with Crippen molar-refractivity contribution in [3.05, 3.63) is 93.1 Å². The van der Waals surface area contributed by atoms with E-state index in [0.717, 1.165) is 20.9 Å². The van der Waals surface area contributed by atoms with Gasteiger partial charge in [-0.05, 0) is 35.6 Å². The Labute approximate surface area is 201 Å². The van der Waals surface area contributed by atoms with Gasteiger partial charge in [0.25, 0.3) is 0 Å². The zero-order chi connectivity index (χ0) is 23.4. The molecule has 0 spiro atoms. The molecule has 0 N–H and O–H groups in total. The van der Waals surface area contributed by atoms with Crippen molar-refractivity contribution in [1.82, 2.24) is 4.90 Å². The summed E-state index contributed by atoms with van der Waals surface area (Å²) in [5.41, 5.74) is 1.85. The number of amides is 2. The maximum Gasteiger partial charge on any atom is 0.330 e. The molecule has 1 aliphatic heterocycles. The molecule has 1 fully saturated rings. The van der Waals surface area contributed by atoms with Crippen molar-refractivity contribution in [3.8, 4) is 0 Å². The van der Waals surface area contributed by atoms with Crippen molar-refractivity contribution in [2.45, 2.75) is 38.3 Å². The Kier molecular flexibility index (Phi) is 7.26. The third-order valence-electron chi connectivity index (χ3n) is 5.85. The normalized spacial score (nSPS) is 18.5. The molecule has 1 saturated heterocycles. The fourth-order valence-corrected chi connectivity index (χ4v) is 5.19. The summed E-state index contributed by atoms with van der Waals surface area (Å²) in [6, 6.07) is 21.6. The molecule has 7 heteroatoms. The van der Waals surface area contributed by atoms with Gasteiger partial charge in [-0.25, -0.2) is 4.79 Å². The highest BCUT2D eigenvalue weighted by atomic mass is 35.5. The standard InChI is InChI=1S/C26H24ClNO4S/c1-17(19-10-6-3-7-11-19)14-23(29)28-24(26(31)32-16-18-8-4-2-5-9-18)21(25(28)30)15-20-12-13-22(27)33-20/h2-13,17,21,24H,14-16H2,1H3/t17-,21+,24-/m0/s1. The van der Waals surface area contributed by atoms with Crippen LogP contribution in [-0.4, -0.2) is 28.7 Å². The Morgan fingerprint density at radius 2 is 1.70 bits per heavy atom. The zero-order valence-corrected chi connectivity index (χ0v) is 19.7. The maximum atomic E-state index is 13.1. The van der Waals surface area contributed by atoms with E-state index in [1.165, 1.54) is 11.3 Å². The number of halogens is 1. The van der Waals surface area contributed by atoms with Crippen LogP contribution in [-0.2, 0) is 32.1 Å². The van der Waals surface area contributed by atoms with E-state index in [1.807, 2.05) is 73.7 Å². The van der Waals surface area contributed by atoms with Crippen LogP contribution in [0.1, 0.15) is 35.3 Å². The van der Waals surface area contributed by atoms with Crippen molar-refractivity contribution in [3.63, 3.8) is 0 Å². The van der Waals surface area contributed by atoms with E-state index in [4.69, 9.17) is 16.3 Å². The molecule has 0 aliphatic carbocycles. The topological polar surface area (TPSA) is 63.7 Å². The lowest BCUT2D eigenvalue weighted by Crippen LogP contribution is -2.67. The highest BCUT2D eigenvalue weighted by Crippen LogP contribution is 2.35. The summed E-state index contributed by atoms with van der Waals surface area (Å²) in [6.45, 7) is 2.02. The lowest BCUT2D eigenvalue weighted by molar-refractivity contribution is -0.180. The third kappa shape index (κ3) is 5.34. The van der Waals surface area contributed by atoms with Gasteiger partial charge in [0.2, 0.25) is 11.8 Å². The predicted molar refractivity (Wildman–Crippen MR) is 128 cm³/mol. The Balaban J connectivity index is 1.49. The van der Waals surface area contributed by atoms with Crippen molar-refractivity contribution in [2.24, 2.45) is 5.92 Å². The van der Waals surface area contributed by atoms with Crippen LogP contribution in [0.15, 0.2) is 72.8 Å². The van der Waals surface area contributed by atoms with E-state index in [9.17, 15) is 14.4 Å². The predicted octanol–water partition coefficient (Wildman–Crippen LogP) is 5.23. The van der Waals surface area contributed by atoms with E-state index in [1.54, 1.807) is 6.07 Å². The van der Waals surface area contributed by atoms with Gasteiger partial charge in [-0.3, -0.25) is 14.5 Å². The van der Waals surface area contributed by atoms with Crippen LogP contribution in [0.2, 0.25) is 4.34 Å². The molecule has 0 unspecified atom stereocenters. The molecule has 4 rings (SSSR count). The van der Waals surface area contributed by atoms with Crippen LogP contribution in [0.3, 0.4) is 0 Å². The maximum absolute atomic E-state index is 13.1. The Bertz CT molecular complexity index is 1130. The highest BCUT2D eigenvalue weighted by molar-refractivity contribution is 7.16. The summed E-state index contributed by atoms with van der Waals surface area (Å²) >= 11 is 7.40. The van der Waals surface area contributed by atoms with E-state index in [0.29, 0.717) is 10.8 Å². The molecule has 0 bridgehead atoms. The molecular formula is C26H24ClNO4S. The van der Waals surface area contributed by atoms with Crippen LogP contribution >= 0.6 is 22.9 Å². The number of benzene rings is 2. The fraction of sp³-hybridized carbons (Fsp3) is 0.269. The van der Waals surface area contributed by atoms with Gasteiger partial charge in [-0.2, -0.15) is 0 Å². The first-order valence-electron chi connectivity index (χ1n) is 10.8. The van der Waals surface area contributed by atoms with Gasteiger partial charge < -0.3 is 4.74 Å². The van der Waals surface area contributed by atoms with Gasteiger partial charge in [0, 0.05) is 11.3 Å². The highest BCUT2D eigenvalue weighted by Gasteiger charge is 2.55. The molecule has 33 heavy (non-hydrogen) atoms. The average molecular weight is 482 g/mol. The molecule has 2 amide bonds. The second kappa shape index (κ2) is 10.3. The van der Waals surface area contributed by atoms with Gasteiger partial charge in [0.15, 0.2) is 0 Å². The van der Waals surface area contributed by atoms with Gasteiger partial charge >= 0.3 is 5.97 Å². The number of β-lactam (4-membered cyclic amide) rings is 1. The number of ether oxygens (including phenoxy) is 1. The molecule has 2 aromatic carbocycles. The van der Waals surface area contributed by atoms with Gasteiger partial charge in [-0.1, -0.05) is 79.2 Å². The van der Waals surface area contributed by atoms with E-state index in [-0.39, 0.29) is 30.8 Å². The van der Waals surface area contributed by atoms with Crippen molar-refractivity contribution >= 4 is 40.7 Å². The summed E-state index contributed by atoms with van der Waals surface area (Å²) in [7, 11) is 0. The van der Waals surface area contributed by atoms with E-state index < -0.39 is 17.9 Å². The molecule has 0 saturated carbocycles. The molecule has 1 aliphatic rings. The van der Waals surface area contributed by atoms with Crippen molar-refractivity contribution < 1.29 is 19.1 Å². The molecular weight excluding hydrogens is 458 g/mol. The Hall–Kier alpha value is -2.96. The lowest BCUT2D eigenvalue weighted by atomic mass is 9.83. The number of hydrogen-bond donors (Lipinski definition) is 0. The minimum absolute atomic E-state index is 0.0809. The summed E-state index contributed by atoms with van der Waals surface area (Å²) in [5.74, 6) is -1.99. The number of imide groups is 1. The van der Waals surface area contributed by atoms with Gasteiger partial charge in [-0.15, -0.1) is 11.3 Å². The number of hydrogen-bond acceptors (Lipinski definition) is 5. The number of esters is 1. The summed E-state index contributed by atoms with van der Waals surface area (Å²) in [4.78, 5) is 41.1. The summed E-state index contributed by atoms with van der Waals surface area (Å²) in [5, 5.41) is 0. The molecule has 1 aromatic heterocycles.